The third kappa shape index (κ3) is 6.83. The number of nitrogens with one attached hydrogen (secondary N) is 3. The molecule has 0 aliphatic carbocycles. The molecular weight excluding hydrogens is 495 g/mol. The van der Waals surface area contributed by atoms with Crippen molar-refractivity contribution in [3.8, 4) is 5.75 Å². The van der Waals surface area contributed by atoms with Gasteiger partial charge in [0.05, 0.1) is 17.7 Å². The third-order valence-corrected chi connectivity index (χ3v) is 5.90. The van der Waals surface area contributed by atoms with Gasteiger partial charge in [-0.3, -0.25) is 9.59 Å². The normalized spacial score (nSPS) is 11.0. The lowest BCUT2D eigenvalue weighted by atomic mass is 9.98. The van der Waals surface area contributed by atoms with Gasteiger partial charge in [0, 0.05) is 29.9 Å². The van der Waals surface area contributed by atoms with Crippen LogP contribution in [0.4, 0.5) is 10.1 Å². The Morgan fingerprint density at radius 1 is 0.946 bits per heavy atom. The molecule has 0 heterocycles. The van der Waals surface area contributed by atoms with Crippen molar-refractivity contribution in [1.82, 2.24) is 10.7 Å². The number of hydrogen-bond acceptors (Lipinski definition) is 5. The first-order valence-electron chi connectivity index (χ1n) is 11.5. The molecule has 7 nitrogen and oxygen atoms in total. The van der Waals surface area contributed by atoms with Crippen LogP contribution in [0.5, 0.6) is 5.75 Å². The molecule has 0 aromatic heterocycles. The van der Waals surface area contributed by atoms with E-state index in [0.29, 0.717) is 13.1 Å². The van der Waals surface area contributed by atoms with Gasteiger partial charge in [-0.25, -0.2) is 9.82 Å². The van der Waals surface area contributed by atoms with Crippen LogP contribution in [-0.2, 0) is 11.2 Å². The fourth-order valence-electron chi connectivity index (χ4n) is 3.74. The summed E-state index contributed by atoms with van der Waals surface area (Å²) in [5.41, 5.74) is 5.12. The number of anilines is 1. The van der Waals surface area contributed by atoms with Gasteiger partial charge in [0.15, 0.2) is 0 Å². The zero-order valence-corrected chi connectivity index (χ0v) is 20.4. The van der Waals surface area contributed by atoms with Gasteiger partial charge in [-0.1, -0.05) is 48.0 Å². The van der Waals surface area contributed by atoms with Crippen molar-refractivity contribution in [2.75, 3.05) is 18.4 Å². The number of rotatable bonds is 9. The minimum Gasteiger partial charge on any atom is -0.506 e. The van der Waals surface area contributed by atoms with Gasteiger partial charge in [-0.2, -0.15) is 5.10 Å². The number of halogens is 2. The van der Waals surface area contributed by atoms with Crippen molar-refractivity contribution in [3.63, 3.8) is 0 Å². The first-order valence-corrected chi connectivity index (χ1v) is 11.9. The molecule has 37 heavy (non-hydrogen) atoms. The Hall–Kier alpha value is -4.43. The van der Waals surface area contributed by atoms with Crippen molar-refractivity contribution < 1.29 is 19.1 Å². The molecule has 4 N–H and O–H groups in total. The number of carbonyl (C=O) groups excluding carboxylic acids is 2. The molecule has 4 aromatic rings. The number of fused-ring (bicyclic) bond motifs is 1. The van der Waals surface area contributed by atoms with Gasteiger partial charge in [-0.15, -0.1) is 0 Å². The van der Waals surface area contributed by atoms with E-state index in [-0.39, 0.29) is 34.5 Å². The van der Waals surface area contributed by atoms with Crippen molar-refractivity contribution in [2.24, 2.45) is 5.10 Å². The molecule has 0 fully saturated rings. The summed E-state index contributed by atoms with van der Waals surface area (Å²) in [5.74, 6) is -0.992. The Kier molecular flexibility index (Phi) is 8.33. The molecule has 0 bridgehead atoms. The van der Waals surface area contributed by atoms with E-state index in [0.717, 1.165) is 27.6 Å². The van der Waals surface area contributed by atoms with E-state index in [1.807, 2.05) is 36.4 Å². The van der Waals surface area contributed by atoms with Crippen LogP contribution in [0.15, 0.2) is 84.0 Å². The van der Waals surface area contributed by atoms with E-state index in [2.05, 4.69) is 21.2 Å². The molecule has 0 radical (unpaired) electrons. The Morgan fingerprint density at radius 2 is 1.70 bits per heavy atom. The maximum absolute atomic E-state index is 13.0. The van der Waals surface area contributed by atoms with E-state index in [4.69, 9.17) is 11.6 Å². The molecule has 4 aromatic carbocycles. The van der Waals surface area contributed by atoms with Gasteiger partial charge in [0.2, 0.25) is 5.91 Å². The summed E-state index contributed by atoms with van der Waals surface area (Å²) in [6.45, 7) is 0.931. The summed E-state index contributed by atoms with van der Waals surface area (Å²) < 4.78 is 13.0. The van der Waals surface area contributed by atoms with Crippen LogP contribution in [0, 0.1) is 5.82 Å². The largest absolute Gasteiger partial charge is 0.506 e. The number of phenolic OH excluding ortho intramolecular Hbond substituents is 1. The highest BCUT2D eigenvalue weighted by Crippen LogP contribution is 2.24. The number of hydrazone groups is 1. The van der Waals surface area contributed by atoms with E-state index in [9.17, 15) is 19.1 Å². The number of benzene rings is 4. The van der Waals surface area contributed by atoms with Gasteiger partial charge < -0.3 is 15.7 Å². The van der Waals surface area contributed by atoms with Crippen LogP contribution in [0.25, 0.3) is 10.8 Å². The van der Waals surface area contributed by atoms with Gasteiger partial charge >= 0.3 is 0 Å². The van der Waals surface area contributed by atoms with E-state index < -0.39 is 5.91 Å². The average Bonchev–Trinajstić information content (AvgIpc) is 2.90. The standard InChI is InChI=1S/C28H24ClFN4O3/c29-25-15-19(7-12-26(25)35)28(37)34-33-17-20-6-5-18(23-3-1-2-4-24(20)23)16-27(36)32-14-13-31-22-10-8-21(30)9-11-22/h1-12,15,17,31,35H,13-14,16H2,(H,32,36)(H,34,37)/b33-17+. The van der Waals surface area contributed by atoms with Gasteiger partial charge in [0.25, 0.3) is 5.91 Å². The Balaban J connectivity index is 1.36. The summed E-state index contributed by atoms with van der Waals surface area (Å²) in [6, 6.07) is 21.5. The lowest BCUT2D eigenvalue weighted by Crippen LogP contribution is -2.30. The number of amides is 2. The van der Waals surface area contributed by atoms with Crippen LogP contribution in [0.2, 0.25) is 5.02 Å². The van der Waals surface area contributed by atoms with Crippen LogP contribution in [-0.4, -0.2) is 36.2 Å². The molecule has 0 aliphatic rings. The lowest BCUT2D eigenvalue weighted by Gasteiger charge is -2.11. The summed E-state index contributed by atoms with van der Waals surface area (Å²) >= 11 is 5.86. The number of carbonyl (C=O) groups is 2. The highest BCUT2D eigenvalue weighted by molar-refractivity contribution is 6.32. The van der Waals surface area contributed by atoms with Crippen LogP contribution < -0.4 is 16.1 Å². The molecule has 2 amide bonds. The second-order valence-electron chi connectivity index (χ2n) is 8.19. The zero-order chi connectivity index (χ0) is 26.2. The van der Waals surface area contributed by atoms with E-state index in [1.165, 1.54) is 36.5 Å². The molecule has 9 heteroatoms. The van der Waals surface area contributed by atoms with Crippen LogP contribution >= 0.6 is 11.6 Å². The fourth-order valence-corrected chi connectivity index (χ4v) is 3.92. The molecule has 0 atom stereocenters. The predicted octanol–water partition coefficient (Wildman–Crippen LogP) is 4.87. The fraction of sp³-hybridized carbons (Fsp3) is 0.107. The topological polar surface area (TPSA) is 103 Å². The number of aromatic hydroxyl groups is 1. The second kappa shape index (κ2) is 12.0. The summed E-state index contributed by atoms with van der Waals surface area (Å²) in [6.07, 6.45) is 1.74. The first kappa shape index (κ1) is 25.7. The Labute approximate surface area is 218 Å². The summed E-state index contributed by atoms with van der Waals surface area (Å²) in [7, 11) is 0. The van der Waals surface area contributed by atoms with Gasteiger partial charge in [0.1, 0.15) is 11.6 Å². The summed E-state index contributed by atoms with van der Waals surface area (Å²) in [4.78, 5) is 24.8. The quantitative estimate of drug-likeness (QED) is 0.144. The molecular formula is C28H24ClFN4O3. The summed E-state index contributed by atoms with van der Waals surface area (Å²) in [5, 5.41) is 21.4. The SMILES string of the molecule is O=C(Cc1ccc(/C=N/NC(=O)c2ccc(O)c(Cl)c2)c2ccccc12)NCCNc1ccc(F)cc1. The second-order valence-corrected chi connectivity index (χ2v) is 8.59. The third-order valence-electron chi connectivity index (χ3n) is 5.60. The lowest BCUT2D eigenvalue weighted by molar-refractivity contribution is -0.120. The first-order chi connectivity index (χ1) is 17.9. The average molecular weight is 519 g/mol. The molecule has 0 saturated carbocycles. The highest BCUT2D eigenvalue weighted by atomic mass is 35.5. The molecule has 0 aliphatic heterocycles. The molecule has 4 rings (SSSR count). The van der Waals surface area contributed by atoms with Crippen molar-refractivity contribution in [3.05, 3.63) is 106 Å². The van der Waals surface area contributed by atoms with E-state index in [1.54, 1.807) is 12.1 Å². The Morgan fingerprint density at radius 3 is 2.46 bits per heavy atom. The van der Waals surface area contributed by atoms with Crippen LogP contribution in [0.1, 0.15) is 21.5 Å². The maximum atomic E-state index is 13.0. The Bertz CT molecular complexity index is 1460. The smallest absolute Gasteiger partial charge is 0.271 e. The molecule has 0 spiro atoms. The predicted molar refractivity (Wildman–Crippen MR) is 144 cm³/mol. The molecule has 0 unspecified atom stereocenters. The highest BCUT2D eigenvalue weighted by Gasteiger charge is 2.10. The number of nitrogens with zero attached hydrogens (tertiary/aromatic N) is 1. The minimum atomic E-state index is -0.468. The van der Waals surface area contributed by atoms with Gasteiger partial charge in [-0.05, 0) is 58.8 Å². The number of hydrogen-bond donors (Lipinski definition) is 4. The van der Waals surface area contributed by atoms with Crippen molar-refractivity contribution in [2.45, 2.75) is 6.42 Å². The number of phenols is 1. The molecule has 0 saturated heterocycles. The maximum Gasteiger partial charge on any atom is 0.271 e. The van der Waals surface area contributed by atoms with E-state index >= 15 is 0 Å². The molecule has 188 valence electrons. The van der Waals surface area contributed by atoms with Crippen molar-refractivity contribution >= 4 is 46.1 Å². The van der Waals surface area contributed by atoms with Crippen LogP contribution in [0.3, 0.4) is 0 Å². The zero-order valence-electron chi connectivity index (χ0n) is 19.7. The minimum absolute atomic E-state index is 0.0754. The van der Waals surface area contributed by atoms with Crippen molar-refractivity contribution in [1.29, 1.82) is 0 Å². The monoisotopic (exact) mass is 518 g/mol.